The largest absolute Gasteiger partial charge is 0.468 e. The van der Waals surface area contributed by atoms with E-state index in [0.717, 1.165) is 0 Å². The molecule has 0 aromatic heterocycles. The lowest BCUT2D eigenvalue weighted by molar-refractivity contribution is -0.143. The number of carbonyl (C=O) groups is 2. The lowest BCUT2D eigenvalue weighted by Crippen LogP contribution is -2.44. The van der Waals surface area contributed by atoms with Gasteiger partial charge in [0.05, 0.1) is 23.2 Å². The summed E-state index contributed by atoms with van der Waals surface area (Å²) in [6.45, 7) is 1.60. The average Bonchev–Trinajstić information content (AvgIpc) is 2.40. The van der Waals surface area contributed by atoms with E-state index in [2.05, 4.69) is 10.3 Å². The molecular formula is C13H12Cl2N2O3. The fraction of sp³-hybridized carbons (Fsp3) is 0.308. The Hall–Kier alpha value is -1.59. The summed E-state index contributed by atoms with van der Waals surface area (Å²) in [6, 6.07) is 3.85. The molecule has 1 aliphatic rings. The molecule has 2 rings (SSSR count). The third-order valence-electron chi connectivity index (χ3n) is 3.11. The van der Waals surface area contributed by atoms with Gasteiger partial charge in [0, 0.05) is 5.71 Å². The second-order valence-electron chi connectivity index (χ2n) is 4.32. The first-order valence-corrected chi connectivity index (χ1v) is 6.58. The molecule has 0 saturated carbocycles. The molecule has 1 N–H and O–H groups in total. The molecule has 0 bridgehead atoms. The first-order chi connectivity index (χ1) is 9.45. The molecular weight excluding hydrogens is 303 g/mol. The molecule has 20 heavy (non-hydrogen) atoms. The normalized spacial score (nSPS) is 22.0. The van der Waals surface area contributed by atoms with Gasteiger partial charge < -0.3 is 10.1 Å². The number of benzene rings is 1. The number of amides is 2. The van der Waals surface area contributed by atoms with E-state index in [1.807, 2.05) is 0 Å². The van der Waals surface area contributed by atoms with Crippen molar-refractivity contribution in [2.24, 2.45) is 10.9 Å². The van der Waals surface area contributed by atoms with Crippen molar-refractivity contribution in [3.8, 4) is 0 Å². The summed E-state index contributed by atoms with van der Waals surface area (Å²) in [4.78, 5) is 27.3. The van der Waals surface area contributed by atoms with Gasteiger partial charge in [0.25, 0.3) is 0 Å². The van der Waals surface area contributed by atoms with E-state index in [4.69, 9.17) is 27.9 Å². The van der Waals surface area contributed by atoms with Gasteiger partial charge in [0.15, 0.2) is 0 Å². The predicted molar refractivity (Wildman–Crippen MR) is 76.3 cm³/mol. The Labute approximate surface area is 125 Å². The van der Waals surface area contributed by atoms with Crippen LogP contribution in [-0.2, 0) is 9.53 Å². The lowest BCUT2D eigenvalue weighted by Gasteiger charge is -2.30. The molecule has 2 atom stereocenters. The molecule has 106 valence electrons. The van der Waals surface area contributed by atoms with Gasteiger partial charge in [0.2, 0.25) is 0 Å². The monoisotopic (exact) mass is 314 g/mol. The van der Waals surface area contributed by atoms with Crippen LogP contribution < -0.4 is 5.32 Å². The van der Waals surface area contributed by atoms with E-state index < -0.39 is 24.0 Å². The minimum atomic E-state index is -0.728. The Kier molecular flexibility index (Phi) is 4.30. The highest BCUT2D eigenvalue weighted by Crippen LogP contribution is 2.35. The van der Waals surface area contributed by atoms with Crippen LogP contribution in [0.25, 0.3) is 0 Å². The van der Waals surface area contributed by atoms with E-state index in [9.17, 15) is 9.59 Å². The first-order valence-electron chi connectivity index (χ1n) is 5.83. The molecule has 0 spiro atoms. The van der Waals surface area contributed by atoms with Crippen LogP contribution in [0.4, 0.5) is 4.79 Å². The summed E-state index contributed by atoms with van der Waals surface area (Å²) in [5.41, 5.74) is 0.929. The van der Waals surface area contributed by atoms with Crippen molar-refractivity contribution in [2.45, 2.75) is 13.0 Å². The summed E-state index contributed by atoms with van der Waals surface area (Å²) < 4.78 is 4.77. The number of esters is 1. The number of nitrogens with one attached hydrogen (secondary N) is 1. The number of carbonyl (C=O) groups excluding carboxylic acids is 2. The van der Waals surface area contributed by atoms with Crippen LogP contribution in [-0.4, -0.2) is 24.8 Å². The first kappa shape index (κ1) is 14.8. The van der Waals surface area contributed by atoms with Crippen molar-refractivity contribution in [1.29, 1.82) is 0 Å². The van der Waals surface area contributed by atoms with E-state index >= 15 is 0 Å². The van der Waals surface area contributed by atoms with Gasteiger partial charge in [-0.3, -0.25) is 4.79 Å². The molecule has 0 radical (unpaired) electrons. The fourth-order valence-electron chi connectivity index (χ4n) is 2.17. The van der Waals surface area contributed by atoms with E-state index in [0.29, 0.717) is 21.3 Å². The predicted octanol–water partition coefficient (Wildman–Crippen LogP) is 3.01. The molecule has 0 saturated heterocycles. The summed E-state index contributed by atoms with van der Waals surface area (Å²) in [6.07, 6.45) is 0. The smallest absolute Gasteiger partial charge is 0.341 e. The van der Waals surface area contributed by atoms with Crippen LogP contribution in [0.3, 0.4) is 0 Å². The number of urea groups is 1. The number of hydrogen-bond donors (Lipinski definition) is 1. The number of aliphatic imine (C=N–C) groups is 1. The zero-order valence-corrected chi connectivity index (χ0v) is 12.3. The van der Waals surface area contributed by atoms with Gasteiger partial charge in [-0.2, -0.15) is 0 Å². The molecule has 1 heterocycles. The molecule has 2 unspecified atom stereocenters. The van der Waals surface area contributed by atoms with Gasteiger partial charge in [-0.25, -0.2) is 9.79 Å². The highest BCUT2D eigenvalue weighted by Gasteiger charge is 2.38. The van der Waals surface area contributed by atoms with E-state index in [1.165, 1.54) is 7.11 Å². The zero-order valence-electron chi connectivity index (χ0n) is 10.8. The Morgan fingerprint density at radius 2 is 2.10 bits per heavy atom. The maximum Gasteiger partial charge on any atom is 0.341 e. The number of rotatable bonds is 2. The van der Waals surface area contributed by atoms with Crippen molar-refractivity contribution in [2.75, 3.05) is 7.11 Å². The fourth-order valence-corrected chi connectivity index (χ4v) is 2.60. The minimum Gasteiger partial charge on any atom is -0.468 e. The maximum atomic E-state index is 11.9. The molecule has 0 fully saturated rings. The van der Waals surface area contributed by atoms with Crippen LogP contribution >= 0.6 is 23.2 Å². The minimum absolute atomic E-state index is 0.295. The van der Waals surface area contributed by atoms with Gasteiger partial charge in [-0.15, -0.1) is 0 Å². The third kappa shape index (κ3) is 2.64. The van der Waals surface area contributed by atoms with Crippen molar-refractivity contribution in [1.82, 2.24) is 5.32 Å². The van der Waals surface area contributed by atoms with Crippen molar-refractivity contribution < 1.29 is 14.3 Å². The molecule has 1 aliphatic heterocycles. The molecule has 5 nitrogen and oxygen atoms in total. The summed E-state index contributed by atoms with van der Waals surface area (Å²) in [5, 5.41) is 3.27. The molecule has 0 aliphatic carbocycles. The second kappa shape index (κ2) is 5.81. The van der Waals surface area contributed by atoms with Gasteiger partial charge in [-0.1, -0.05) is 35.3 Å². The van der Waals surface area contributed by atoms with E-state index in [-0.39, 0.29) is 0 Å². The standard InChI is InChI=1S/C13H12Cl2N2O3/c1-6-9(12(18)20-2)11(17-13(19)16-6)7-4-3-5-8(14)10(7)15/h3-5,9,11H,1-2H3,(H,17,19). The van der Waals surface area contributed by atoms with Gasteiger partial charge >= 0.3 is 12.0 Å². The summed E-state index contributed by atoms with van der Waals surface area (Å²) in [7, 11) is 1.28. The summed E-state index contributed by atoms with van der Waals surface area (Å²) >= 11 is 12.1. The van der Waals surface area contributed by atoms with Crippen LogP contribution in [0, 0.1) is 5.92 Å². The SMILES string of the molecule is COC(=O)C1C(C)=NC(=O)NC1c1cccc(Cl)c1Cl. The van der Waals surface area contributed by atoms with Crippen molar-refractivity contribution in [3.05, 3.63) is 33.8 Å². The topological polar surface area (TPSA) is 67.8 Å². The maximum absolute atomic E-state index is 11.9. The van der Waals surface area contributed by atoms with Crippen LogP contribution in [0.1, 0.15) is 18.5 Å². The number of hydrogen-bond acceptors (Lipinski definition) is 3. The average molecular weight is 315 g/mol. The Morgan fingerprint density at radius 3 is 2.75 bits per heavy atom. The van der Waals surface area contributed by atoms with Gasteiger partial charge in [0.1, 0.15) is 5.92 Å². The molecule has 1 aromatic carbocycles. The van der Waals surface area contributed by atoms with Crippen LogP contribution in [0.5, 0.6) is 0 Å². The highest BCUT2D eigenvalue weighted by atomic mass is 35.5. The highest BCUT2D eigenvalue weighted by molar-refractivity contribution is 6.42. The van der Waals surface area contributed by atoms with Crippen molar-refractivity contribution >= 4 is 40.9 Å². The number of halogens is 2. The number of ether oxygens (including phenoxy) is 1. The third-order valence-corrected chi connectivity index (χ3v) is 3.95. The quantitative estimate of drug-likeness (QED) is 0.853. The molecule has 1 aromatic rings. The Balaban J connectivity index is 2.52. The summed E-state index contributed by atoms with van der Waals surface area (Å²) in [5.74, 6) is -1.22. The lowest BCUT2D eigenvalue weighted by atomic mass is 9.88. The van der Waals surface area contributed by atoms with Crippen LogP contribution in [0.2, 0.25) is 10.0 Å². The number of nitrogens with zero attached hydrogens (tertiary/aromatic N) is 1. The molecule has 2 amide bonds. The van der Waals surface area contributed by atoms with Gasteiger partial charge in [-0.05, 0) is 18.6 Å². The zero-order chi connectivity index (χ0) is 14.9. The number of methoxy groups -OCH3 is 1. The molecule has 7 heteroatoms. The Bertz CT molecular complexity index is 601. The van der Waals surface area contributed by atoms with Crippen LogP contribution in [0.15, 0.2) is 23.2 Å². The Morgan fingerprint density at radius 1 is 1.40 bits per heavy atom. The second-order valence-corrected chi connectivity index (χ2v) is 5.11. The van der Waals surface area contributed by atoms with Crippen molar-refractivity contribution in [3.63, 3.8) is 0 Å². The van der Waals surface area contributed by atoms with E-state index in [1.54, 1.807) is 25.1 Å².